The molecule has 0 radical (unpaired) electrons. The molecular weight excluding hydrogens is 514 g/mol. The van der Waals surface area contributed by atoms with Gasteiger partial charge in [-0.2, -0.15) is 5.10 Å². The molecule has 1 fully saturated rings. The molecule has 7 rings (SSSR count). The predicted molar refractivity (Wildman–Crippen MR) is 154 cm³/mol. The smallest absolute Gasteiger partial charge is 0.268 e. The molecule has 3 aliphatic heterocycles. The van der Waals surface area contributed by atoms with Crippen LogP contribution >= 0.6 is 23.5 Å². The number of hydrogen-bond acceptors (Lipinski definition) is 7. The van der Waals surface area contributed by atoms with Gasteiger partial charge in [0.05, 0.1) is 10.6 Å². The van der Waals surface area contributed by atoms with E-state index in [1.807, 2.05) is 125 Å². The summed E-state index contributed by atoms with van der Waals surface area (Å²) in [7, 11) is 0. The minimum Gasteiger partial charge on any atom is -0.454 e. The highest BCUT2D eigenvalue weighted by molar-refractivity contribution is 8.28. The molecule has 38 heavy (non-hydrogen) atoms. The molecule has 4 aromatic rings. The number of carbonyl (C=O) groups is 1. The van der Waals surface area contributed by atoms with E-state index in [1.54, 1.807) is 11.8 Å². The van der Waals surface area contributed by atoms with E-state index in [4.69, 9.17) is 14.6 Å². The lowest BCUT2D eigenvalue weighted by atomic mass is 10.2. The molecule has 0 N–H and O–H groups in total. The fourth-order valence-electron chi connectivity index (χ4n) is 4.61. The van der Waals surface area contributed by atoms with E-state index in [2.05, 4.69) is 0 Å². The van der Waals surface area contributed by atoms with Crippen LogP contribution < -0.4 is 19.4 Å². The van der Waals surface area contributed by atoms with E-state index in [9.17, 15) is 4.79 Å². The van der Waals surface area contributed by atoms with Gasteiger partial charge in [-0.25, -0.2) is 5.01 Å². The van der Waals surface area contributed by atoms with Crippen molar-refractivity contribution in [2.45, 2.75) is 4.33 Å². The second-order valence-corrected chi connectivity index (χ2v) is 11.4. The summed E-state index contributed by atoms with van der Waals surface area (Å²) < 4.78 is 10.1. The zero-order valence-electron chi connectivity index (χ0n) is 20.1. The number of anilines is 2. The third-order valence-corrected chi connectivity index (χ3v) is 9.12. The molecule has 1 saturated heterocycles. The van der Waals surface area contributed by atoms with Gasteiger partial charge in [0.2, 0.25) is 11.1 Å². The molecule has 8 heteroatoms. The lowest BCUT2D eigenvalue weighted by Gasteiger charge is -2.38. The van der Waals surface area contributed by atoms with Gasteiger partial charge in [0.1, 0.15) is 5.04 Å². The van der Waals surface area contributed by atoms with Crippen molar-refractivity contribution in [1.82, 2.24) is 0 Å². The monoisotopic (exact) mass is 535 g/mol. The van der Waals surface area contributed by atoms with Gasteiger partial charge >= 0.3 is 0 Å². The predicted octanol–water partition coefficient (Wildman–Crippen LogP) is 6.76. The van der Waals surface area contributed by atoms with E-state index in [0.717, 1.165) is 27.5 Å². The van der Waals surface area contributed by atoms with Crippen molar-refractivity contribution < 1.29 is 14.3 Å². The van der Waals surface area contributed by atoms with Crippen LogP contribution in [0.5, 0.6) is 11.5 Å². The number of carbonyl (C=O) groups excluding carboxylic acids is 1. The van der Waals surface area contributed by atoms with Crippen molar-refractivity contribution in [2.75, 3.05) is 16.7 Å². The van der Waals surface area contributed by atoms with Crippen molar-refractivity contribution in [3.63, 3.8) is 0 Å². The van der Waals surface area contributed by atoms with E-state index in [1.165, 1.54) is 11.8 Å². The fourth-order valence-corrected chi connectivity index (χ4v) is 7.60. The number of fused-ring (bicyclic) bond motifs is 1. The molecule has 0 aromatic heterocycles. The SMILES string of the molecule is O=C1/C(=C/c2ccc3c(c2)OCO3)S[C@]2(SC(c3ccccc3)=NN2c2ccccc2)N1c1ccccc1. The molecule has 0 aliphatic carbocycles. The van der Waals surface area contributed by atoms with Crippen LogP contribution in [-0.4, -0.2) is 22.1 Å². The number of hydrogen-bond donors (Lipinski definition) is 0. The van der Waals surface area contributed by atoms with Gasteiger partial charge in [-0.05, 0) is 59.8 Å². The van der Waals surface area contributed by atoms with Gasteiger partial charge in [0.15, 0.2) is 11.5 Å². The Labute approximate surface area is 228 Å². The summed E-state index contributed by atoms with van der Waals surface area (Å²) in [5.74, 6) is 1.31. The summed E-state index contributed by atoms with van der Waals surface area (Å²) in [5.41, 5.74) is 3.58. The Balaban J connectivity index is 1.38. The number of benzene rings is 4. The fraction of sp³-hybridized carbons (Fsp3) is 0.0667. The van der Waals surface area contributed by atoms with Crippen molar-refractivity contribution >= 4 is 51.9 Å². The maximum atomic E-state index is 14.2. The minimum atomic E-state index is -0.896. The highest BCUT2D eigenvalue weighted by Crippen LogP contribution is 2.59. The second kappa shape index (κ2) is 9.31. The number of ether oxygens (including phenoxy) is 2. The topological polar surface area (TPSA) is 54.4 Å². The highest BCUT2D eigenvalue weighted by Gasteiger charge is 2.59. The average molecular weight is 536 g/mol. The summed E-state index contributed by atoms with van der Waals surface area (Å²) in [4.78, 5) is 16.7. The first-order valence-corrected chi connectivity index (χ1v) is 13.7. The van der Waals surface area contributed by atoms with Gasteiger partial charge < -0.3 is 9.47 Å². The van der Waals surface area contributed by atoms with E-state index < -0.39 is 4.33 Å². The number of nitrogens with zero attached hydrogens (tertiary/aromatic N) is 3. The van der Waals surface area contributed by atoms with E-state index in [0.29, 0.717) is 16.4 Å². The molecule has 0 bridgehead atoms. The molecule has 1 amide bonds. The minimum absolute atomic E-state index is 0.0863. The number of hydrazone groups is 1. The van der Waals surface area contributed by atoms with Gasteiger partial charge in [0, 0.05) is 11.3 Å². The first kappa shape index (κ1) is 23.0. The van der Waals surface area contributed by atoms with Gasteiger partial charge in [-0.3, -0.25) is 9.69 Å². The van der Waals surface area contributed by atoms with Crippen LogP contribution in [0.25, 0.3) is 6.08 Å². The summed E-state index contributed by atoms with van der Waals surface area (Å²) in [6.45, 7) is 0.205. The van der Waals surface area contributed by atoms with Crippen LogP contribution in [0.4, 0.5) is 11.4 Å². The first-order chi connectivity index (χ1) is 18.7. The van der Waals surface area contributed by atoms with Crippen LogP contribution in [0.15, 0.2) is 119 Å². The molecule has 4 aromatic carbocycles. The quantitative estimate of drug-likeness (QED) is 0.269. The van der Waals surface area contributed by atoms with E-state index in [-0.39, 0.29) is 12.7 Å². The zero-order valence-corrected chi connectivity index (χ0v) is 21.7. The summed E-state index contributed by atoms with van der Waals surface area (Å²) in [6.07, 6.45) is 1.92. The molecule has 0 unspecified atom stereocenters. The zero-order chi connectivity index (χ0) is 25.5. The summed E-state index contributed by atoms with van der Waals surface area (Å²) >= 11 is 3.08. The Morgan fingerprint density at radius 2 is 1.42 bits per heavy atom. The molecule has 186 valence electrons. The Bertz CT molecular complexity index is 1580. The van der Waals surface area contributed by atoms with Crippen LogP contribution in [-0.2, 0) is 4.79 Å². The third-order valence-electron chi connectivity index (χ3n) is 6.36. The van der Waals surface area contributed by atoms with Crippen molar-refractivity contribution in [1.29, 1.82) is 0 Å². The van der Waals surface area contributed by atoms with Crippen molar-refractivity contribution in [3.05, 3.63) is 125 Å². The standard InChI is InChI=1S/C30H21N3O3S2/c34-29-27(19-21-16-17-25-26(18-21)36-20-35-25)37-30(32(29)23-12-6-2-7-13-23)33(24-14-8-3-9-15-24)31-28(38-30)22-10-4-1-5-11-22/h1-19H,20H2/b27-19-/t30-/m0/s1. The molecule has 3 heterocycles. The van der Waals surface area contributed by atoms with Crippen LogP contribution in [0.1, 0.15) is 11.1 Å². The first-order valence-electron chi connectivity index (χ1n) is 12.1. The van der Waals surface area contributed by atoms with Crippen molar-refractivity contribution in [2.24, 2.45) is 5.10 Å². The van der Waals surface area contributed by atoms with Crippen LogP contribution in [0.2, 0.25) is 0 Å². The number of para-hydroxylation sites is 2. The lowest BCUT2D eigenvalue weighted by molar-refractivity contribution is -0.114. The maximum Gasteiger partial charge on any atom is 0.268 e. The average Bonchev–Trinajstić information content (AvgIpc) is 3.66. The van der Waals surface area contributed by atoms with Gasteiger partial charge in [-0.15, -0.1) is 0 Å². The molecule has 1 spiro atoms. The van der Waals surface area contributed by atoms with Gasteiger partial charge in [0.25, 0.3) is 5.91 Å². The normalized spacial score (nSPS) is 21.0. The number of thioether (sulfide) groups is 2. The van der Waals surface area contributed by atoms with Crippen molar-refractivity contribution in [3.8, 4) is 11.5 Å². The highest BCUT2D eigenvalue weighted by atomic mass is 32.2. The van der Waals surface area contributed by atoms with E-state index >= 15 is 0 Å². The largest absolute Gasteiger partial charge is 0.454 e. The Kier molecular flexibility index (Phi) is 5.64. The third kappa shape index (κ3) is 3.84. The Morgan fingerprint density at radius 1 is 0.763 bits per heavy atom. The molecule has 6 nitrogen and oxygen atoms in total. The van der Waals surface area contributed by atoms with Gasteiger partial charge in [-0.1, -0.05) is 84.6 Å². The molecular formula is C30H21N3O3S2. The Hall–Kier alpha value is -4.14. The van der Waals surface area contributed by atoms with Crippen LogP contribution in [0.3, 0.4) is 0 Å². The lowest BCUT2D eigenvalue weighted by Crippen LogP contribution is -2.51. The number of rotatable bonds is 4. The molecule has 3 aliphatic rings. The molecule has 0 saturated carbocycles. The summed E-state index contributed by atoms with van der Waals surface area (Å²) in [6, 6.07) is 35.6. The molecule has 1 atom stereocenters. The second-order valence-electron chi connectivity index (χ2n) is 8.77. The van der Waals surface area contributed by atoms with Crippen LogP contribution in [0, 0.1) is 0 Å². The number of amides is 1. The maximum absolute atomic E-state index is 14.2. The summed E-state index contributed by atoms with van der Waals surface area (Å²) in [5, 5.41) is 7.91. The Morgan fingerprint density at radius 3 is 2.16 bits per heavy atom.